The van der Waals surface area contributed by atoms with Gasteiger partial charge >= 0.3 is 0 Å². The molecule has 2 bridgehead atoms. The third kappa shape index (κ3) is 2.22. The van der Waals surface area contributed by atoms with Crippen LogP contribution < -0.4 is 0 Å². The Morgan fingerprint density at radius 2 is 2.12 bits per heavy atom. The Labute approximate surface area is 97.8 Å². The summed E-state index contributed by atoms with van der Waals surface area (Å²) in [7, 11) is 2.22. The summed E-state index contributed by atoms with van der Waals surface area (Å²) in [6, 6.07) is 1.35. The maximum absolute atomic E-state index is 5.37. The van der Waals surface area contributed by atoms with Crippen molar-refractivity contribution in [1.82, 2.24) is 4.90 Å². The van der Waals surface area contributed by atoms with Gasteiger partial charge < -0.3 is 4.84 Å². The molecule has 3 nitrogen and oxygen atoms in total. The number of terminal acetylenes is 1. The maximum atomic E-state index is 5.37. The Morgan fingerprint density at radius 1 is 1.50 bits per heavy atom. The van der Waals surface area contributed by atoms with Gasteiger partial charge in [-0.2, -0.15) is 0 Å². The quantitative estimate of drug-likeness (QED) is 0.537. The minimum absolute atomic E-state index is 0.162. The van der Waals surface area contributed by atoms with Crippen LogP contribution in [0, 0.1) is 12.3 Å². The van der Waals surface area contributed by atoms with E-state index in [-0.39, 0.29) is 6.10 Å². The molecule has 2 heterocycles. The molecule has 2 aliphatic heterocycles. The molecular formula is C13H20N2O. The highest BCUT2D eigenvalue weighted by molar-refractivity contribution is 5.86. The zero-order chi connectivity index (χ0) is 11.5. The SMILES string of the molecule is C#CC(CC)ON=C1C[C@H]2CC[C@@H](C1)N2C. The van der Waals surface area contributed by atoms with Crippen molar-refractivity contribution >= 4 is 5.71 Å². The number of fused-ring (bicyclic) bond motifs is 2. The maximum Gasteiger partial charge on any atom is 0.186 e. The van der Waals surface area contributed by atoms with Crippen LogP contribution in [0.1, 0.15) is 39.0 Å². The highest BCUT2D eigenvalue weighted by Crippen LogP contribution is 2.32. The molecule has 0 saturated carbocycles. The zero-order valence-electron chi connectivity index (χ0n) is 10.1. The third-order valence-electron chi connectivity index (χ3n) is 3.79. The summed E-state index contributed by atoms with van der Waals surface area (Å²) in [5, 5.41) is 4.25. The molecule has 16 heavy (non-hydrogen) atoms. The highest BCUT2D eigenvalue weighted by atomic mass is 16.6. The molecule has 3 heteroatoms. The second-order valence-electron chi connectivity index (χ2n) is 4.79. The minimum Gasteiger partial charge on any atom is -0.380 e. The van der Waals surface area contributed by atoms with Gasteiger partial charge in [-0.25, -0.2) is 0 Å². The predicted octanol–water partition coefficient (Wildman–Crippen LogP) is 2.03. The van der Waals surface area contributed by atoms with E-state index in [9.17, 15) is 0 Å². The van der Waals surface area contributed by atoms with Crippen LogP contribution in [-0.2, 0) is 4.84 Å². The van der Waals surface area contributed by atoms with Crippen molar-refractivity contribution in [2.45, 2.75) is 57.2 Å². The van der Waals surface area contributed by atoms with Crippen molar-refractivity contribution < 1.29 is 4.84 Å². The molecule has 0 N–H and O–H groups in total. The number of rotatable bonds is 3. The standard InChI is InChI=1S/C13H20N2O/c1-4-13(5-2)16-14-10-8-11-6-7-12(9-10)15(11)3/h1,11-13H,5-9H2,2-3H3/t11-,12+,13?. The summed E-state index contributed by atoms with van der Waals surface area (Å²) in [6.45, 7) is 2.02. The van der Waals surface area contributed by atoms with E-state index < -0.39 is 0 Å². The van der Waals surface area contributed by atoms with Crippen LogP contribution in [0.5, 0.6) is 0 Å². The molecule has 0 aromatic heterocycles. The van der Waals surface area contributed by atoms with Crippen LogP contribution in [-0.4, -0.2) is 35.8 Å². The Kier molecular flexibility index (Phi) is 3.50. The van der Waals surface area contributed by atoms with E-state index in [0.717, 1.165) is 19.3 Å². The minimum atomic E-state index is -0.162. The van der Waals surface area contributed by atoms with Crippen molar-refractivity contribution in [2.24, 2.45) is 5.16 Å². The van der Waals surface area contributed by atoms with Crippen molar-refractivity contribution in [3.63, 3.8) is 0 Å². The lowest BCUT2D eigenvalue weighted by molar-refractivity contribution is 0.0930. The van der Waals surface area contributed by atoms with Gasteiger partial charge in [0.25, 0.3) is 0 Å². The molecule has 2 fully saturated rings. The van der Waals surface area contributed by atoms with Crippen molar-refractivity contribution in [2.75, 3.05) is 7.05 Å². The van der Waals surface area contributed by atoms with Gasteiger partial charge in [-0.3, -0.25) is 4.90 Å². The van der Waals surface area contributed by atoms with E-state index in [1.165, 1.54) is 18.6 Å². The molecular weight excluding hydrogens is 200 g/mol. The van der Waals surface area contributed by atoms with Gasteiger partial charge in [-0.15, -0.1) is 6.42 Å². The van der Waals surface area contributed by atoms with E-state index in [2.05, 4.69) is 23.0 Å². The molecule has 0 spiro atoms. The summed E-state index contributed by atoms with van der Waals surface area (Å²) >= 11 is 0. The first-order valence-electron chi connectivity index (χ1n) is 6.14. The average molecular weight is 220 g/mol. The zero-order valence-corrected chi connectivity index (χ0v) is 10.1. The van der Waals surface area contributed by atoms with Crippen molar-refractivity contribution in [3.8, 4) is 12.3 Å². The van der Waals surface area contributed by atoms with Crippen LogP contribution in [0.4, 0.5) is 0 Å². The second kappa shape index (κ2) is 4.88. The molecule has 0 aliphatic carbocycles. The van der Waals surface area contributed by atoms with Crippen LogP contribution in [0.25, 0.3) is 0 Å². The Bertz CT molecular complexity index is 302. The van der Waals surface area contributed by atoms with E-state index in [0.29, 0.717) is 12.1 Å². The Morgan fingerprint density at radius 3 is 2.62 bits per heavy atom. The third-order valence-corrected chi connectivity index (χ3v) is 3.79. The van der Waals surface area contributed by atoms with Crippen LogP contribution >= 0.6 is 0 Å². The number of nitrogens with zero attached hydrogens (tertiary/aromatic N) is 2. The summed E-state index contributed by atoms with van der Waals surface area (Å²) < 4.78 is 0. The topological polar surface area (TPSA) is 24.8 Å². The van der Waals surface area contributed by atoms with E-state index in [1.54, 1.807) is 0 Å². The van der Waals surface area contributed by atoms with Crippen molar-refractivity contribution in [3.05, 3.63) is 0 Å². The normalized spacial score (nSPS) is 33.7. The van der Waals surface area contributed by atoms with Gasteiger partial charge in [-0.05, 0) is 26.3 Å². The largest absolute Gasteiger partial charge is 0.380 e. The number of oxime groups is 1. The molecule has 0 amide bonds. The fraction of sp³-hybridized carbons (Fsp3) is 0.769. The van der Waals surface area contributed by atoms with Gasteiger partial charge in [0.05, 0.1) is 5.71 Å². The highest BCUT2D eigenvalue weighted by Gasteiger charge is 2.36. The molecule has 0 radical (unpaired) electrons. The lowest BCUT2D eigenvalue weighted by atomic mass is 10.0. The van der Waals surface area contributed by atoms with E-state index in [4.69, 9.17) is 11.3 Å². The summed E-state index contributed by atoms with van der Waals surface area (Å²) in [6.07, 6.45) is 10.7. The van der Waals surface area contributed by atoms with Crippen molar-refractivity contribution in [1.29, 1.82) is 0 Å². The fourth-order valence-corrected chi connectivity index (χ4v) is 2.65. The molecule has 1 unspecified atom stereocenters. The van der Waals surface area contributed by atoms with E-state index in [1.807, 2.05) is 6.92 Å². The monoisotopic (exact) mass is 220 g/mol. The molecule has 2 rings (SSSR count). The summed E-state index contributed by atoms with van der Waals surface area (Å²) in [5.74, 6) is 2.60. The molecule has 0 aromatic carbocycles. The van der Waals surface area contributed by atoms with Gasteiger partial charge in [0.2, 0.25) is 0 Å². The first-order chi connectivity index (χ1) is 7.74. The number of hydrogen-bond acceptors (Lipinski definition) is 3. The van der Waals surface area contributed by atoms with Gasteiger partial charge in [0, 0.05) is 24.9 Å². The average Bonchev–Trinajstić information content (AvgIpc) is 2.55. The first kappa shape index (κ1) is 11.5. The Balaban J connectivity index is 1.93. The Hall–Kier alpha value is -1.01. The van der Waals surface area contributed by atoms with Gasteiger partial charge in [-0.1, -0.05) is 18.0 Å². The number of hydrogen-bond donors (Lipinski definition) is 0. The second-order valence-corrected chi connectivity index (χ2v) is 4.79. The lowest BCUT2D eigenvalue weighted by Crippen LogP contribution is -2.40. The molecule has 2 aliphatic rings. The van der Waals surface area contributed by atoms with Crippen LogP contribution in [0.15, 0.2) is 5.16 Å². The van der Waals surface area contributed by atoms with Gasteiger partial charge in [0.1, 0.15) is 0 Å². The number of piperidine rings is 1. The van der Waals surface area contributed by atoms with Crippen LogP contribution in [0.3, 0.4) is 0 Å². The molecule has 88 valence electrons. The fourth-order valence-electron chi connectivity index (χ4n) is 2.65. The molecule has 2 saturated heterocycles. The van der Waals surface area contributed by atoms with E-state index >= 15 is 0 Å². The molecule has 3 atom stereocenters. The summed E-state index contributed by atoms with van der Waals surface area (Å²) in [4.78, 5) is 7.86. The molecule has 0 aromatic rings. The summed E-state index contributed by atoms with van der Waals surface area (Å²) in [5.41, 5.74) is 1.19. The lowest BCUT2D eigenvalue weighted by Gasteiger charge is -2.31. The smallest absolute Gasteiger partial charge is 0.186 e. The van der Waals surface area contributed by atoms with Crippen LogP contribution in [0.2, 0.25) is 0 Å². The first-order valence-corrected chi connectivity index (χ1v) is 6.14. The predicted molar refractivity (Wildman–Crippen MR) is 65.2 cm³/mol. The van der Waals surface area contributed by atoms with Gasteiger partial charge in [0.15, 0.2) is 6.10 Å².